The van der Waals surface area contributed by atoms with Crippen LogP contribution in [0.5, 0.6) is 0 Å². The Balaban J connectivity index is 0.000000921. The van der Waals surface area contributed by atoms with E-state index in [1.165, 1.54) is 5.01 Å². The van der Waals surface area contributed by atoms with Crippen LogP contribution in [0.25, 0.3) is 0 Å². The molecule has 1 aromatic heterocycles. The van der Waals surface area contributed by atoms with Crippen LogP contribution in [0.1, 0.15) is 19.5 Å². The second kappa shape index (κ2) is 8.89. The van der Waals surface area contributed by atoms with Gasteiger partial charge in [-0.15, -0.1) is 0 Å². The summed E-state index contributed by atoms with van der Waals surface area (Å²) in [5.41, 5.74) is 0.842. The van der Waals surface area contributed by atoms with Crippen LogP contribution >= 0.6 is 0 Å². The molecule has 1 aromatic rings. The Morgan fingerprint density at radius 1 is 1.47 bits per heavy atom. The van der Waals surface area contributed by atoms with Gasteiger partial charge in [0.1, 0.15) is 0 Å². The lowest BCUT2D eigenvalue weighted by molar-refractivity contribution is -0.695. The minimum absolute atomic E-state index is 0.480. The zero-order chi connectivity index (χ0) is 11.5. The largest absolute Gasteiger partial charge is 0.636 e. The van der Waals surface area contributed by atoms with E-state index >= 15 is 0 Å². The third-order valence-corrected chi connectivity index (χ3v) is 1.34. The van der Waals surface area contributed by atoms with E-state index in [4.69, 9.17) is 0 Å². The molecule has 1 heterocycles. The fourth-order valence-electron chi connectivity index (χ4n) is 0.835. The molecule has 0 spiro atoms. The average Bonchev–Trinajstić information content (AvgIpc) is 2.30. The molecule has 0 N–H and O–H groups in total. The van der Waals surface area contributed by atoms with Crippen molar-refractivity contribution >= 4 is 0 Å². The molecule has 0 aliphatic heterocycles. The maximum atomic E-state index is 9.48. The Hall–Kier alpha value is -1.69. The molecule has 6 heteroatoms. The monoisotopic (exact) mass is 211 g/mol. The fourth-order valence-corrected chi connectivity index (χ4v) is 0.835. The Morgan fingerprint density at radius 2 is 2.20 bits per heavy atom. The molecule has 0 aliphatic rings. The number of nitrogens with zero attached hydrogens (tertiary/aromatic N) is 4. The number of hydrogen-bond acceptors (Lipinski definition) is 5. The van der Waals surface area contributed by atoms with Crippen molar-refractivity contribution in [3.63, 3.8) is 0 Å². The van der Waals surface area contributed by atoms with Gasteiger partial charge in [0.15, 0.2) is 0 Å². The minimum atomic E-state index is 0.480. The van der Waals surface area contributed by atoms with Crippen LogP contribution in [0.3, 0.4) is 0 Å². The van der Waals surface area contributed by atoms with Gasteiger partial charge in [-0.05, 0) is 17.4 Å². The maximum absolute atomic E-state index is 9.48. The lowest BCUT2D eigenvalue weighted by atomic mass is 10.3. The summed E-state index contributed by atoms with van der Waals surface area (Å²) >= 11 is 0. The quantitative estimate of drug-likeness (QED) is 0.425. The number of rotatable bonds is 4. The van der Waals surface area contributed by atoms with Crippen LogP contribution in [0.4, 0.5) is 0 Å². The Kier molecular flexibility index (Phi) is 7.89. The van der Waals surface area contributed by atoms with Gasteiger partial charge in [0.05, 0.1) is 12.2 Å². The first kappa shape index (κ1) is 13.3. The van der Waals surface area contributed by atoms with E-state index in [0.29, 0.717) is 6.54 Å². The molecule has 84 valence electrons. The van der Waals surface area contributed by atoms with E-state index < -0.39 is 0 Å². The van der Waals surface area contributed by atoms with Gasteiger partial charge in [0, 0.05) is 18.5 Å². The van der Waals surface area contributed by atoms with E-state index in [9.17, 15) is 5.26 Å². The first-order valence-corrected chi connectivity index (χ1v) is 4.64. The highest BCUT2D eigenvalue weighted by Crippen LogP contribution is 1.98. The molecule has 0 aliphatic carbocycles. The van der Waals surface area contributed by atoms with Crippen molar-refractivity contribution in [3.8, 4) is 0 Å². The summed E-state index contributed by atoms with van der Waals surface area (Å²) in [6.07, 6.45) is 1.68. The summed E-state index contributed by atoms with van der Waals surface area (Å²) in [5, 5.41) is 17.2. The van der Waals surface area contributed by atoms with Gasteiger partial charge in [0.25, 0.3) is 0 Å². The molecule has 0 unspecified atom stereocenters. The summed E-state index contributed by atoms with van der Waals surface area (Å²) < 4.78 is 0. The highest BCUT2D eigenvalue weighted by molar-refractivity contribution is 5.02. The van der Waals surface area contributed by atoms with Crippen molar-refractivity contribution in [2.75, 3.05) is 7.05 Å². The van der Waals surface area contributed by atoms with Crippen molar-refractivity contribution in [2.24, 2.45) is 10.5 Å². The van der Waals surface area contributed by atoms with Gasteiger partial charge in [-0.2, -0.15) is 0 Å². The van der Waals surface area contributed by atoms with Crippen molar-refractivity contribution < 1.29 is 10.2 Å². The molecule has 0 aromatic carbocycles. The minimum Gasteiger partial charge on any atom is -0.636 e. The first-order chi connectivity index (χ1) is 7.33. The molecule has 0 amide bonds. The van der Waals surface area contributed by atoms with E-state index in [1.54, 1.807) is 13.2 Å². The van der Waals surface area contributed by atoms with Crippen LogP contribution in [0, 0.1) is 0 Å². The molecule has 0 saturated heterocycles. The Labute approximate surface area is 89.1 Å². The number of pyridine rings is 1. The Bertz CT molecular complexity index is 266. The van der Waals surface area contributed by atoms with Crippen LogP contribution in [-0.4, -0.2) is 17.0 Å². The summed E-state index contributed by atoms with van der Waals surface area (Å²) in [5.74, 6) is 0. The van der Waals surface area contributed by atoms with Gasteiger partial charge >= 0.3 is 0 Å². The van der Waals surface area contributed by atoms with E-state index in [2.05, 4.69) is 20.5 Å². The summed E-state index contributed by atoms with van der Waals surface area (Å²) in [7, 11) is 1.66. The average molecular weight is 211 g/mol. The SMILES string of the molecule is CC.CN(Cc1ccccn1)/N=N\O[O-]. The molecular weight excluding hydrogens is 196 g/mol. The van der Waals surface area contributed by atoms with Gasteiger partial charge < -0.3 is 10.2 Å². The standard InChI is InChI=1S/C7H10N4O2.C2H6/c1-11(9-10-13-12)6-7-4-2-3-5-8-7;1-2/h2-5,12H,6H2,1H3;1-2H3/p-1/b10-9-;. The van der Waals surface area contributed by atoms with Crippen LogP contribution in [0.15, 0.2) is 34.9 Å². The van der Waals surface area contributed by atoms with Gasteiger partial charge in [-0.3, -0.25) is 9.99 Å². The molecule has 0 atom stereocenters. The van der Waals surface area contributed by atoms with E-state index in [0.717, 1.165) is 5.69 Å². The van der Waals surface area contributed by atoms with Crippen LogP contribution in [0.2, 0.25) is 0 Å². The fraction of sp³-hybridized carbons (Fsp3) is 0.444. The lowest BCUT2D eigenvalue weighted by Crippen LogP contribution is -2.11. The second-order valence-electron chi connectivity index (χ2n) is 2.38. The van der Waals surface area contributed by atoms with Gasteiger partial charge in [-0.25, -0.2) is 0 Å². The highest BCUT2D eigenvalue weighted by atomic mass is 17.2. The molecule has 1 rings (SSSR count). The molecule has 0 saturated carbocycles. The van der Waals surface area contributed by atoms with Crippen LogP contribution in [-0.2, 0) is 11.5 Å². The normalized spacial score (nSPS) is 9.33. The molecule has 15 heavy (non-hydrogen) atoms. The third kappa shape index (κ3) is 6.39. The number of hydrogen-bond donors (Lipinski definition) is 0. The van der Waals surface area contributed by atoms with Crippen molar-refractivity contribution in [1.29, 1.82) is 0 Å². The van der Waals surface area contributed by atoms with Gasteiger partial charge in [-0.1, -0.05) is 19.9 Å². The van der Waals surface area contributed by atoms with E-state index in [1.807, 2.05) is 32.0 Å². The summed E-state index contributed by atoms with van der Waals surface area (Å²) in [4.78, 5) is 7.26. The zero-order valence-corrected chi connectivity index (χ0v) is 9.12. The number of aromatic nitrogens is 1. The smallest absolute Gasteiger partial charge is 0.0797 e. The molecular formula is C9H15N4O2-. The van der Waals surface area contributed by atoms with Crippen LogP contribution < -0.4 is 5.26 Å². The Morgan fingerprint density at radius 3 is 2.73 bits per heavy atom. The topological polar surface area (TPSA) is 73.1 Å². The summed E-state index contributed by atoms with van der Waals surface area (Å²) in [6.45, 7) is 4.48. The zero-order valence-electron chi connectivity index (χ0n) is 9.12. The predicted octanol–water partition coefficient (Wildman–Crippen LogP) is 1.11. The molecule has 6 nitrogen and oxygen atoms in total. The highest BCUT2D eigenvalue weighted by Gasteiger charge is 1.96. The summed E-state index contributed by atoms with van der Waals surface area (Å²) in [6, 6.07) is 5.55. The van der Waals surface area contributed by atoms with Gasteiger partial charge in [0.2, 0.25) is 0 Å². The van der Waals surface area contributed by atoms with E-state index in [-0.39, 0.29) is 0 Å². The first-order valence-electron chi connectivity index (χ1n) is 4.64. The third-order valence-electron chi connectivity index (χ3n) is 1.34. The molecule has 0 radical (unpaired) electrons. The molecule has 0 fully saturated rings. The maximum Gasteiger partial charge on any atom is 0.0797 e. The predicted molar refractivity (Wildman–Crippen MR) is 53.0 cm³/mol. The van der Waals surface area contributed by atoms with Crippen molar-refractivity contribution in [3.05, 3.63) is 30.1 Å². The second-order valence-corrected chi connectivity index (χ2v) is 2.38. The molecule has 0 bridgehead atoms. The lowest BCUT2D eigenvalue weighted by Gasteiger charge is -2.09. The van der Waals surface area contributed by atoms with Crippen molar-refractivity contribution in [2.45, 2.75) is 20.4 Å². The van der Waals surface area contributed by atoms with Crippen molar-refractivity contribution in [1.82, 2.24) is 9.99 Å².